The molecule has 0 saturated heterocycles. The van der Waals surface area contributed by atoms with E-state index in [0.717, 1.165) is 0 Å². The van der Waals surface area contributed by atoms with Crippen molar-refractivity contribution >= 4 is 17.7 Å². The molecule has 6 nitrogen and oxygen atoms in total. The molecule has 2 amide bonds. The summed E-state index contributed by atoms with van der Waals surface area (Å²) in [6, 6.07) is 6.16. The first-order chi connectivity index (χ1) is 9.61. The third-order valence-electron chi connectivity index (χ3n) is 2.17. The van der Waals surface area contributed by atoms with Gasteiger partial charge in [0.2, 0.25) is 0 Å². The fraction of sp³-hybridized carbons (Fsp3) is 0.286. The van der Waals surface area contributed by atoms with Gasteiger partial charge < -0.3 is 20.5 Å². The monoisotopic (exact) mass is 276 g/mol. The first kappa shape index (κ1) is 15.4. The molecule has 0 fully saturated rings. The molecule has 1 aromatic carbocycles. The maximum absolute atomic E-state index is 11.5. The van der Waals surface area contributed by atoms with Gasteiger partial charge in [0.1, 0.15) is 5.75 Å². The molecule has 0 radical (unpaired) electrons. The molecule has 20 heavy (non-hydrogen) atoms. The third-order valence-corrected chi connectivity index (χ3v) is 2.17. The van der Waals surface area contributed by atoms with E-state index in [1.165, 1.54) is 0 Å². The van der Waals surface area contributed by atoms with Crippen LogP contribution in [0.3, 0.4) is 0 Å². The van der Waals surface area contributed by atoms with Gasteiger partial charge in [-0.25, -0.2) is 9.59 Å². The Kier molecular flexibility index (Phi) is 6.48. The van der Waals surface area contributed by atoms with Crippen LogP contribution in [0, 0.1) is 11.8 Å². The molecule has 3 N–H and O–H groups in total. The number of aliphatic carboxylic acids is 1. The summed E-state index contributed by atoms with van der Waals surface area (Å²) in [6.07, 6.45) is 0.589. The highest BCUT2D eigenvalue weighted by molar-refractivity contribution is 5.89. The van der Waals surface area contributed by atoms with Crippen molar-refractivity contribution in [1.82, 2.24) is 5.32 Å². The molecule has 0 saturated carbocycles. The molecule has 6 heteroatoms. The maximum atomic E-state index is 11.5. The number of benzene rings is 1. The van der Waals surface area contributed by atoms with Gasteiger partial charge in [0.05, 0.1) is 0 Å². The summed E-state index contributed by atoms with van der Waals surface area (Å²) in [5, 5.41) is 13.8. The molecule has 0 heterocycles. The van der Waals surface area contributed by atoms with E-state index >= 15 is 0 Å². The fourth-order valence-corrected chi connectivity index (χ4v) is 1.35. The van der Waals surface area contributed by atoms with Crippen molar-refractivity contribution < 1.29 is 19.4 Å². The zero-order chi connectivity index (χ0) is 14.8. The smallest absolute Gasteiger partial charge is 0.341 e. The van der Waals surface area contributed by atoms with E-state index in [2.05, 4.69) is 22.5 Å². The lowest BCUT2D eigenvalue weighted by atomic mass is 10.3. The number of carboxylic acids is 1. The van der Waals surface area contributed by atoms with Crippen molar-refractivity contribution in [3.63, 3.8) is 0 Å². The Labute approximate surface area is 117 Å². The molecule has 0 aliphatic rings. The SMILES string of the molecule is CC#CCCNC(=O)Nc1cccc(OCC(=O)O)c1. The minimum Gasteiger partial charge on any atom is -0.482 e. The zero-order valence-electron chi connectivity index (χ0n) is 11.1. The number of rotatable bonds is 6. The summed E-state index contributed by atoms with van der Waals surface area (Å²) in [7, 11) is 0. The number of urea groups is 1. The minimum absolute atomic E-state index is 0.349. The Morgan fingerprint density at radius 3 is 2.90 bits per heavy atom. The summed E-state index contributed by atoms with van der Waals surface area (Å²) in [6.45, 7) is 1.77. The number of hydrogen-bond acceptors (Lipinski definition) is 3. The predicted octanol–water partition coefficient (Wildman–Crippen LogP) is 1.68. The highest BCUT2D eigenvalue weighted by Crippen LogP contribution is 2.17. The molecule has 0 aliphatic carbocycles. The fourth-order valence-electron chi connectivity index (χ4n) is 1.35. The second-order valence-corrected chi connectivity index (χ2v) is 3.77. The lowest BCUT2D eigenvalue weighted by molar-refractivity contribution is -0.139. The molecule has 1 rings (SSSR count). The van der Waals surface area contributed by atoms with Crippen LogP contribution < -0.4 is 15.4 Å². The molecule has 0 spiro atoms. The summed E-state index contributed by atoms with van der Waals surface area (Å²) >= 11 is 0. The number of hydrogen-bond donors (Lipinski definition) is 3. The quantitative estimate of drug-likeness (QED) is 0.545. The Morgan fingerprint density at radius 2 is 2.20 bits per heavy atom. The average Bonchev–Trinajstić information content (AvgIpc) is 2.42. The summed E-state index contributed by atoms with van der Waals surface area (Å²) < 4.78 is 5.01. The van der Waals surface area contributed by atoms with Crippen LogP contribution in [0.1, 0.15) is 13.3 Å². The van der Waals surface area contributed by atoms with Crippen molar-refractivity contribution in [2.45, 2.75) is 13.3 Å². The first-order valence-electron chi connectivity index (χ1n) is 6.01. The second-order valence-electron chi connectivity index (χ2n) is 3.77. The van der Waals surface area contributed by atoms with Crippen molar-refractivity contribution in [1.29, 1.82) is 0 Å². The van der Waals surface area contributed by atoms with Crippen LogP contribution in [0.5, 0.6) is 5.75 Å². The van der Waals surface area contributed by atoms with E-state index in [4.69, 9.17) is 9.84 Å². The number of carbonyl (C=O) groups is 2. The molecular formula is C14H16N2O4. The molecule has 0 aromatic heterocycles. The van der Waals surface area contributed by atoms with E-state index in [-0.39, 0.29) is 6.03 Å². The van der Waals surface area contributed by atoms with Gasteiger partial charge in [0.25, 0.3) is 0 Å². The third kappa shape index (κ3) is 6.31. The van der Waals surface area contributed by atoms with Gasteiger partial charge in [-0.15, -0.1) is 11.8 Å². The van der Waals surface area contributed by atoms with Gasteiger partial charge in [-0.1, -0.05) is 6.07 Å². The van der Waals surface area contributed by atoms with Crippen molar-refractivity contribution in [3.8, 4) is 17.6 Å². The Bertz CT molecular complexity index is 531. The lowest BCUT2D eigenvalue weighted by Gasteiger charge is -2.08. The topological polar surface area (TPSA) is 87.7 Å². The van der Waals surface area contributed by atoms with E-state index in [9.17, 15) is 9.59 Å². The Morgan fingerprint density at radius 1 is 1.40 bits per heavy atom. The molecular weight excluding hydrogens is 260 g/mol. The number of ether oxygens (including phenoxy) is 1. The summed E-state index contributed by atoms with van der Waals surface area (Å²) in [5.41, 5.74) is 0.520. The number of nitrogens with one attached hydrogen (secondary N) is 2. The second kappa shape index (κ2) is 8.43. The molecule has 1 aromatic rings. The largest absolute Gasteiger partial charge is 0.482 e. The van der Waals surface area contributed by atoms with Crippen LogP contribution in [0.2, 0.25) is 0 Å². The van der Waals surface area contributed by atoms with Crippen molar-refractivity contribution in [3.05, 3.63) is 24.3 Å². The van der Waals surface area contributed by atoms with E-state index in [0.29, 0.717) is 24.4 Å². The summed E-state index contributed by atoms with van der Waals surface area (Å²) in [4.78, 5) is 21.9. The average molecular weight is 276 g/mol. The summed E-state index contributed by atoms with van der Waals surface area (Å²) in [5.74, 6) is 4.89. The van der Waals surface area contributed by atoms with E-state index in [1.54, 1.807) is 31.2 Å². The van der Waals surface area contributed by atoms with E-state index in [1.807, 2.05) is 0 Å². The number of carboxylic acid groups (broad SMARTS) is 1. The molecule has 0 aliphatic heterocycles. The van der Waals surface area contributed by atoms with Gasteiger partial charge in [-0.05, 0) is 19.1 Å². The number of amides is 2. The first-order valence-corrected chi connectivity index (χ1v) is 6.01. The number of carbonyl (C=O) groups excluding carboxylic acids is 1. The maximum Gasteiger partial charge on any atom is 0.341 e. The Hall–Kier alpha value is -2.68. The van der Waals surface area contributed by atoms with Gasteiger partial charge in [-0.3, -0.25) is 0 Å². The van der Waals surface area contributed by atoms with Crippen LogP contribution in [0.4, 0.5) is 10.5 Å². The van der Waals surface area contributed by atoms with Crippen molar-refractivity contribution in [2.75, 3.05) is 18.5 Å². The van der Waals surface area contributed by atoms with Crippen molar-refractivity contribution in [2.24, 2.45) is 0 Å². The normalized spacial score (nSPS) is 9.05. The van der Waals surface area contributed by atoms with Crippen LogP contribution in [-0.4, -0.2) is 30.3 Å². The standard InChI is InChI=1S/C14H16N2O4/c1-2-3-4-8-15-14(19)16-11-6-5-7-12(9-11)20-10-13(17)18/h5-7,9H,4,8,10H2,1H3,(H,17,18)(H2,15,16,19). The lowest BCUT2D eigenvalue weighted by Crippen LogP contribution is -2.29. The molecule has 0 unspecified atom stereocenters. The number of anilines is 1. The highest BCUT2D eigenvalue weighted by Gasteiger charge is 2.03. The van der Waals surface area contributed by atoms with Crippen LogP contribution >= 0.6 is 0 Å². The zero-order valence-corrected chi connectivity index (χ0v) is 11.1. The van der Waals surface area contributed by atoms with E-state index < -0.39 is 12.6 Å². The van der Waals surface area contributed by atoms with Crippen LogP contribution in [-0.2, 0) is 4.79 Å². The highest BCUT2D eigenvalue weighted by atomic mass is 16.5. The van der Waals surface area contributed by atoms with Gasteiger partial charge in [0, 0.05) is 24.7 Å². The van der Waals surface area contributed by atoms with Crippen LogP contribution in [0.25, 0.3) is 0 Å². The van der Waals surface area contributed by atoms with Crippen LogP contribution in [0.15, 0.2) is 24.3 Å². The Balaban J connectivity index is 2.45. The van der Waals surface area contributed by atoms with Gasteiger partial charge in [0.15, 0.2) is 6.61 Å². The predicted molar refractivity (Wildman–Crippen MR) is 74.7 cm³/mol. The molecule has 106 valence electrons. The van der Waals surface area contributed by atoms with Gasteiger partial charge in [-0.2, -0.15) is 0 Å². The van der Waals surface area contributed by atoms with Gasteiger partial charge >= 0.3 is 12.0 Å². The minimum atomic E-state index is -1.06. The molecule has 0 atom stereocenters. The molecule has 0 bridgehead atoms.